The predicted molar refractivity (Wildman–Crippen MR) is 78.8 cm³/mol. The number of carbonyl (C=O) groups is 1. The van der Waals surface area contributed by atoms with E-state index in [2.05, 4.69) is 19.9 Å². The summed E-state index contributed by atoms with van der Waals surface area (Å²) in [5, 5.41) is 0. The molecule has 2 heterocycles. The number of carbonyl (C=O) groups excluding carboxylic acids is 1. The van der Waals surface area contributed by atoms with E-state index in [0.717, 1.165) is 11.4 Å². The van der Waals surface area contributed by atoms with Crippen LogP contribution >= 0.6 is 0 Å². The van der Waals surface area contributed by atoms with Crippen LogP contribution in [0.3, 0.4) is 0 Å². The zero-order chi connectivity index (χ0) is 15.4. The molecule has 2 aromatic heterocycles. The normalized spacial score (nSPS) is 12.0. The standard InChI is InChI=1S/C15H19N5O/c1-10-7-14(19-12(3)18-10)15(21)20(4)11(2)8-13-9-16-5-6-17-13/h5-7,9,11H,8H2,1-4H3. The van der Waals surface area contributed by atoms with Crippen molar-refractivity contribution in [2.24, 2.45) is 0 Å². The zero-order valence-corrected chi connectivity index (χ0v) is 12.7. The monoisotopic (exact) mass is 285 g/mol. The van der Waals surface area contributed by atoms with Gasteiger partial charge in [-0.05, 0) is 26.8 Å². The van der Waals surface area contributed by atoms with Crippen LogP contribution in [0.1, 0.15) is 34.6 Å². The van der Waals surface area contributed by atoms with Crippen molar-refractivity contribution >= 4 is 5.91 Å². The van der Waals surface area contributed by atoms with Gasteiger partial charge in [-0.1, -0.05) is 0 Å². The fourth-order valence-electron chi connectivity index (χ4n) is 2.08. The number of likely N-dealkylation sites (N-methyl/N-ethyl adjacent to an activating group) is 1. The van der Waals surface area contributed by atoms with Gasteiger partial charge in [0.2, 0.25) is 0 Å². The van der Waals surface area contributed by atoms with Gasteiger partial charge >= 0.3 is 0 Å². The van der Waals surface area contributed by atoms with Gasteiger partial charge in [0.25, 0.3) is 5.91 Å². The molecule has 2 rings (SSSR count). The van der Waals surface area contributed by atoms with Crippen LogP contribution in [0.4, 0.5) is 0 Å². The summed E-state index contributed by atoms with van der Waals surface area (Å²) in [6.07, 6.45) is 5.66. The minimum Gasteiger partial charge on any atom is -0.337 e. The Morgan fingerprint density at radius 3 is 2.67 bits per heavy atom. The van der Waals surface area contributed by atoms with E-state index in [0.29, 0.717) is 17.9 Å². The second kappa shape index (κ2) is 6.39. The molecule has 1 atom stereocenters. The predicted octanol–water partition coefficient (Wildman–Crippen LogP) is 1.59. The Hall–Kier alpha value is -2.37. The number of aryl methyl sites for hydroxylation is 2. The van der Waals surface area contributed by atoms with Crippen molar-refractivity contribution in [2.75, 3.05) is 7.05 Å². The Bertz CT molecular complexity index is 609. The summed E-state index contributed by atoms with van der Waals surface area (Å²) < 4.78 is 0. The molecule has 1 amide bonds. The Balaban J connectivity index is 2.11. The van der Waals surface area contributed by atoms with E-state index < -0.39 is 0 Å². The molecule has 0 fully saturated rings. The summed E-state index contributed by atoms with van der Waals surface area (Å²) in [6, 6.07) is 1.71. The summed E-state index contributed by atoms with van der Waals surface area (Å²) in [6.45, 7) is 5.62. The number of amides is 1. The quantitative estimate of drug-likeness (QED) is 0.853. The minimum atomic E-state index is -0.111. The number of hydrogen-bond donors (Lipinski definition) is 0. The molecule has 0 aliphatic heterocycles. The lowest BCUT2D eigenvalue weighted by atomic mass is 10.1. The molecule has 0 radical (unpaired) electrons. The highest BCUT2D eigenvalue weighted by Gasteiger charge is 2.20. The smallest absolute Gasteiger partial charge is 0.272 e. The van der Waals surface area contributed by atoms with E-state index in [1.165, 1.54) is 0 Å². The van der Waals surface area contributed by atoms with Gasteiger partial charge in [0.15, 0.2) is 0 Å². The number of nitrogens with zero attached hydrogens (tertiary/aromatic N) is 5. The average molecular weight is 285 g/mol. The molecule has 0 aliphatic carbocycles. The number of aromatic nitrogens is 4. The first-order valence-electron chi connectivity index (χ1n) is 6.81. The fourth-order valence-corrected chi connectivity index (χ4v) is 2.08. The summed E-state index contributed by atoms with van der Waals surface area (Å²) in [5.74, 6) is 0.494. The SMILES string of the molecule is Cc1cc(C(=O)N(C)C(C)Cc2cnccn2)nc(C)n1. The largest absolute Gasteiger partial charge is 0.337 e. The molecule has 0 saturated carbocycles. The van der Waals surface area contributed by atoms with Gasteiger partial charge in [0.05, 0.1) is 5.69 Å². The number of rotatable bonds is 4. The molecule has 0 aliphatic rings. The van der Waals surface area contributed by atoms with Gasteiger partial charge in [-0.3, -0.25) is 14.8 Å². The second-order valence-corrected chi connectivity index (χ2v) is 5.11. The maximum atomic E-state index is 12.5. The molecular weight excluding hydrogens is 266 g/mol. The summed E-state index contributed by atoms with van der Waals surface area (Å²) in [5.41, 5.74) is 2.08. The van der Waals surface area contributed by atoms with Crippen LogP contribution in [0, 0.1) is 13.8 Å². The van der Waals surface area contributed by atoms with Crippen LogP contribution in [0.2, 0.25) is 0 Å². The molecule has 0 saturated heterocycles. The van der Waals surface area contributed by atoms with E-state index in [4.69, 9.17) is 0 Å². The first-order chi connectivity index (χ1) is 9.97. The van der Waals surface area contributed by atoms with Crippen molar-refractivity contribution in [2.45, 2.75) is 33.2 Å². The molecule has 110 valence electrons. The number of hydrogen-bond acceptors (Lipinski definition) is 5. The van der Waals surface area contributed by atoms with Crippen LogP contribution in [0.5, 0.6) is 0 Å². The van der Waals surface area contributed by atoms with Crippen LogP contribution in [-0.4, -0.2) is 43.8 Å². The molecule has 0 N–H and O–H groups in total. The van der Waals surface area contributed by atoms with Gasteiger partial charge in [-0.2, -0.15) is 0 Å². The van der Waals surface area contributed by atoms with E-state index >= 15 is 0 Å². The third-order valence-corrected chi connectivity index (χ3v) is 3.29. The van der Waals surface area contributed by atoms with E-state index in [1.54, 1.807) is 43.5 Å². The van der Waals surface area contributed by atoms with Crippen molar-refractivity contribution in [1.82, 2.24) is 24.8 Å². The first kappa shape index (κ1) is 15.0. The van der Waals surface area contributed by atoms with Crippen LogP contribution in [0.15, 0.2) is 24.7 Å². The van der Waals surface area contributed by atoms with Gasteiger partial charge in [-0.25, -0.2) is 9.97 Å². The average Bonchev–Trinajstić information content (AvgIpc) is 2.45. The molecule has 1 unspecified atom stereocenters. The van der Waals surface area contributed by atoms with Crippen molar-refractivity contribution in [3.05, 3.63) is 47.6 Å². The van der Waals surface area contributed by atoms with Gasteiger partial charge in [-0.15, -0.1) is 0 Å². The second-order valence-electron chi connectivity index (χ2n) is 5.11. The topological polar surface area (TPSA) is 71.9 Å². The Morgan fingerprint density at radius 1 is 1.29 bits per heavy atom. The molecular formula is C15H19N5O. The van der Waals surface area contributed by atoms with E-state index in [-0.39, 0.29) is 11.9 Å². The fraction of sp³-hybridized carbons (Fsp3) is 0.400. The third-order valence-electron chi connectivity index (χ3n) is 3.29. The zero-order valence-electron chi connectivity index (χ0n) is 12.7. The van der Waals surface area contributed by atoms with Crippen molar-refractivity contribution in [3.8, 4) is 0 Å². The molecule has 0 aromatic carbocycles. The summed E-state index contributed by atoms with van der Waals surface area (Å²) in [4.78, 5) is 30.8. The molecule has 0 spiro atoms. The van der Waals surface area contributed by atoms with Crippen LogP contribution < -0.4 is 0 Å². The lowest BCUT2D eigenvalue weighted by Crippen LogP contribution is -2.37. The van der Waals surface area contributed by atoms with E-state index in [1.807, 2.05) is 13.8 Å². The highest BCUT2D eigenvalue weighted by molar-refractivity contribution is 5.92. The van der Waals surface area contributed by atoms with Crippen LogP contribution in [0.25, 0.3) is 0 Å². The summed E-state index contributed by atoms with van der Waals surface area (Å²) >= 11 is 0. The molecule has 0 bridgehead atoms. The molecule has 2 aromatic rings. The minimum absolute atomic E-state index is 0.00442. The van der Waals surface area contributed by atoms with Gasteiger partial charge < -0.3 is 4.90 Å². The lowest BCUT2D eigenvalue weighted by Gasteiger charge is -2.24. The highest BCUT2D eigenvalue weighted by atomic mass is 16.2. The van der Waals surface area contributed by atoms with Crippen LogP contribution in [-0.2, 0) is 6.42 Å². The Morgan fingerprint density at radius 2 is 2.05 bits per heavy atom. The van der Waals surface area contributed by atoms with Crippen molar-refractivity contribution in [1.29, 1.82) is 0 Å². The maximum Gasteiger partial charge on any atom is 0.272 e. The molecule has 6 heteroatoms. The highest BCUT2D eigenvalue weighted by Crippen LogP contribution is 2.09. The van der Waals surface area contributed by atoms with Crippen molar-refractivity contribution in [3.63, 3.8) is 0 Å². The lowest BCUT2D eigenvalue weighted by molar-refractivity contribution is 0.0736. The molecule has 6 nitrogen and oxygen atoms in total. The molecule has 21 heavy (non-hydrogen) atoms. The van der Waals surface area contributed by atoms with Crippen molar-refractivity contribution < 1.29 is 4.79 Å². The Kier molecular flexibility index (Phi) is 4.57. The summed E-state index contributed by atoms with van der Waals surface area (Å²) in [7, 11) is 1.77. The maximum absolute atomic E-state index is 12.5. The third kappa shape index (κ3) is 3.81. The first-order valence-corrected chi connectivity index (χ1v) is 6.81. The Labute approximate surface area is 124 Å². The van der Waals surface area contributed by atoms with Gasteiger partial charge in [0.1, 0.15) is 11.5 Å². The van der Waals surface area contributed by atoms with E-state index in [9.17, 15) is 4.79 Å². The van der Waals surface area contributed by atoms with Gasteiger partial charge in [0, 0.05) is 43.8 Å².